The minimum atomic E-state index is 0.0872. The molecule has 2 rings (SSSR count). The zero-order valence-electron chi connectivity index (χ0n) is 12.1. The molecule has 1 fully saturated rings. The standard InChI is InChI=1S/C15H25N3O/c1-3-18-11-13(16)9-14(18)15(19)17(2)10-12-7-5-4-6-8-12/h9,11-12H,3-8,10,16H2,1-2H3. The predicted molar refractivity (Wildman–Crippen MR) is 78.1 cm³/mol. The molecular formula is C15H25N3O. The smallest absolute Gasteiger partial charge is 0.270 e. The highest BCUT2D eigenvalue weighted by Gasteiger charge is 2.21. The van der Waals surface area contributed by atoms with Gasteiger partial charge in [-0.25, -0.2) is 0 Å². The van der Waals surface area contributed by atoms with Crippen molar-refractivity contribution in [2.75, 3.05) is 19.3 Å². The first-order valence-corrected chi connectivity index (χ1v) is 7.33. The summed E-state index contributed by atoms with van der Waals surface area (Å²) in [5.41, 5.74) is 7.16. The third-order valence-electron chi connectivity index (χ3n) is 4.08. The number of carbonyl (C=O) groups excluding carboxylic acids is 1. The summed E-state index contributed by atoms with van der Waals surface area (Å²) in [5.74, 6) is 0.759. The van der Waals surface area contributed by atoms with E-state index in [-0.39, 0.29) is 5.91 Å². The lowest BCUT2D eigenvalue weighted by molar-refractivity contribution is 0.0750. The number of nitrogen functional groups attached to an aromatic ring is 1. The molecular weight excluding hydrogens is 238 g/mol. The number of aromatic nitrogens is 1. The maximum Gasteiger partial charge on any atom is 0.270 e. The Kier molecular flexibility index (Phi) is 4.51. The van der Waals surface area contributed by atoms with E-state index in [0.29, 0.717) is 17.3 Å². The molecule has 4 heteroatoms. The second-order valence-electron chi connectivity index (χ2n) is 5.63. The molecule has 0 unspecified atom stereocenters. The molecule has 2 N–H and O–H groups in total. The van der Waals surface area contributed by atoms with Crippen molar-refractivity contribution in [1.82, 2.24) is 9.47 Å². The van der Waals surface area contributed by atoms with Gasteiger partial charge in [0.05, 0.1) is 5.69 Å². The van der Waals surface area contributed by atoms with Crippen LogP contribution in [-0.4, -0.2) is 29.0 Å². The van der Waals surface area contributed by atoms with E-state index < -0.39 is 0 Å². The fourth-order valence-corrected chi connectivity index (χ4v) is 3.01. The Labute approximate surface area is 115 Å². The zero-order chi connectivity index (χ0) is 13.8. The van der Waals surface area contributed by atoms with Gasteiger partial charge >= 0.3 is 0 Å². The van der Waals surface area contributed by atoms with Gasteiger partial charge < -0.3 is 15.2 Å². The molecule has 1 aliphatic rings. The normalized spacial score (nSPS) is 16.5. The molecule has 0 saturated heterocycles. The molecule has 4 nitrogen and oxygen atoms in total. The van der Waals surface area contributed by atoms with Crippen molar-refractivity contribution in [3.8, 4) is 0 Å². The number of carbonyl (C=O) groups is 1. The second-order valence-corrected chi connectivity index (χ2v) is 5.63. The Morgan fingerprint density at radius 1 is 1.42 bits per heavy atom. The van der Waals surface area contributed by atoms with Crippen LogP contribution in [0, 0.1) is 5.92 Å². The van der Waals surface area contributed by atoms with E-state index in [4.69, 9.17) is 5.73 Å². The van der Waals surface area contributed by atoms with Crippen LogP contribution in [0.3, 0.4) is 0 Å². The van der Waals surface area contributed by atoms with Crippen molar-refractivity contribution in [1.29, 1.82) is 0 Å². The summed E-state index contributed by atoms with van der Waals surface area (Å²) in [7, 11) is 1.90. The van der Waals surface area contributed by atoms with Crippen LogP contribution in [0.1, 0.15) is 49.5 Å². The van der Waals surface area contributed by atoms with Crippen molar-refractivity contribution in [3.05, 3.63) is 18.0 Å². The summed E-state index contributed by atoms with van der Waals surface area (Å²) >= 11 is 0. The highest BCUT2D eigenvalue weighted by molar-refractivity contribution is 5.93. The average molecular weight is 263 g/mol. The van der Waals surface area contributed by atoms with Crippen molar-refractivity contribution in [2.45, 2.75) is 45.6 Å². The molecule has 0 aromatic carbocycles. The van der Waals surface area contributed by atoms with Crippen LogP contribution < -0.4 is 5.73 Å². The van der Waals surface area contributed by atoms with Crippen molar-refractivity contribution < 1.29 is 4.79 Å². The van der Waals surface area contributed by atoms with Gasteiger partial charge in [0.25, 0.3) is 5.91 Å². The number of amides is 1. The number of nitrogens with two attached hydrogens (primary N) is 1. The van der Waals surface area contributed by atoms with Crippen LogP contribution in [0.5, 0.6) is 0 Å². The van der Waals surface area contributed by atoms with Crippen LogP contribution >= 0.6 is 0 Å². The van der Waals surface area contributed by atoms with Gasteiger partial charge in [-0.05, 0) is 31.7 Å². The Hall–Kier alpha value is -1.45. The largest absolute Gasteiger partial charge is 0.397 e. The highest BCUT2D eigenvalue weighted by atomic mass is 16.2. The number of hydrogen-bond acceptors (Lipinski definition) is 2. The first kappa shape index (κ1) is 14.0. The molecule has 0 radical (unpaired) electrons. The fraction of sp³-hybridized carbons (Fsp3) is 0.667. The van der Waals surface area contributed by atoms with Gasteiger partial charge in [-0.3, -0.25) is 4.79 Å². The monoisotopic (exact) mass is 263 g/mol. The number of anilines is 1. The summed E-state index contributed by atoms with van der Waals surface area (Å²) in [6, 6.07) is 1.78. The molecule has 0 atom stereocenters. The lowest BCUT2D eigenvalue weighted by atomic mass is 9.89. The van der Waals surface area contributed by atoms with Crippen LogP contribution in [-0.2, 0) is 6.54 Å². The lowest BCUT2D eigenvalue weighted by Crippen LogP contribution is -2.33. The Morgan fingerprint density at radius 3 is 2.74 bits per heavy atom. The number of nitrogens with zero attached hydrogens (tertiary/aromatic N) is 2. The molecule has 1 aromatic rings. The highest BCUT2D eigenvalue weighted by Crippen LogP contribution is 2.24. The molecule has 19 heavy (non-hydrogen) atoms. The lowest BCUT2D eigenvalue weighted by Gasteiger charge is -2.27. The summed E-state index contributed by atoms with van der Waals surface area (Å²) in [5, 5.41) is 0. The molecule has 1 amide bonds. The molecule has 0 bridgehead atoms. The first-order chi connectivity index (χ1) is 9.11. The van der Waals surface area contributed by atoms with Crippen molar-refractivity contribution in [2.24, 2.45) is 5.92 Å². The van der Waals surface area contributed by atoms with Gasteiger partial charge in [0.2, 0.25) is 0 Å². The van der Waals surface area contributed by atoms with E-state index >= 15 is 0 Å². The van der Waals surface area contributed by atoms with E-state index in [0.717, 1.165) is 13.1 Å². The minimum Gasteiger partial charge on any atom is -0.397 e. The van der Waals surface area contributed by atoms with E-state index in [1.165, 1.54) is 32.1 Å². The molecule has 1 heterocycles. The van der Waals surface area contributed by atoms with Crippen LogP contribution in [0.25, 0.3) is 0 Å². The molecule has 106 valence electrons. The van der Waals surface area contributed by atoms with Crippen molar-refractivity contribution in [3.63, 3.8) is 0 Å². The number of aryl methyl sites for hydroxylation is 1. The third-order valence-corrected chi connectivity index (χ3v) is 4.08. The van der Waals surface area contributed by atoms with Gasteiger partial charge in [0.1, 0.15) is 5.69 Å². The predicted octanol–water partition coefficient (Wildman–Crippen LogP) is 2.74. The van der Waals surface area contributed by atoms with Crippen LogP contribution in [0.4, 0.5) is 5.69 Å². The van der Waals surface area contributed by atoms with Crippen LogP contribution in [0.2, 0.25) is 0 Å². The maximum atomic E-state index is 12.5. The summed E-state index contributed by atoms with van der Waals surface area (Å²) in [6.45, 7) is 3.67. The average Bonchev–Trinajstić information content (AvgIpc) is 2.80. The van der Waals surface area contributed by atoms with E-state index in [1.54, 1.807) is 6.07 Å². The number of hydrogen-bond donors (Lipinski definition) is 1. The van der Waals surface area contributed by atoms with Gasteiger partial charge in [-0.1, -0.05) is 19.3 Å². The minimum absolute atomic E-state index is 0.0872. The molecule has 1 saturated carbocycles. The van der Waals surface area contributed by atoms with Crippen LogP contribution in [0.15, 0.2) is 12.3 Å². The molecule has 1 aliphatic carbocycles. The SMILES string of the molecule is CCn1cc(N)cc1C(=O)N(C)CC1CCCCC1. The summed E-state index contributed by atoms with van der Waals surface area (Å²) in [4.78, 5) is 14.3. The van der Waals surface area contributed by atoms with Gasteiger partial charge in [-0.15, -0.1) is 0 Å². The van der Waals surface area contributed by atoms with E-state index in [2.05, 4.69) is 0 Å². The second kappa shape index (κ2) is 6.13. The zero-order valence-corrected chi connectivity index (χ0v) is 12.1. The van der Waals surface area contributed by atoms with E-state index in [9.17, 15) is 4.79 Å². The van der Waals surface area contributed by atoms with Gasteiger partial charge in [-0.2, -0.15) is 0 Å². The molecule has 0 aliphatic heterocycles. The Morgan fingerprint density at radius 2 is 2.11 bits per heavy atom. The summed E-state index contributed by atoms with van der Waals surface area (Å²) in [6.07, 6.45) is 8.32. The third kappa shape index (κ3) is 3.31. The van der Waals surface area contributed by atoms with Gasteiger partial charge in [0, 0.05) is 26.3 Å². The quantitative estimate of drug-likeness (QED) is 0.908. The summed E-state index contributed by atoms with van der Waals surface area (Å²) < 4.78 is 1.93. The Balaban J connectivity index is 2.01. The topological polar surface area (TPSA) is 51.3 Å². The maximum absolute atomic E-state index is 12.5. The molecule has 0 spiro atoms. The van der Waals surface area contributed by atoms with Gasteiger partial charge in [0.15, 0.2) is 0 Å². The first-order valence-electron chi connectivity index (χ1n) is 7.33. The molecule has 1 aromatic heterocycles. The Bertz CT molecular complexity index is 433. The van der Waals surface area contributed by atoms with E-state index in [1.807, 2.05) is 29.6 Å². The fourth-order valence-electron chi connectivity index (χ4n) is 3.01. The van der Waals surface area contributed by atoms with Crippen molar-refractivity contribution >= 4 is 11.6 Å². The number of rotatable bonds is 4.